The lowest BCUT2D eigenvalue weighted by molar-refractivity contribution is -0.117. The van der Waals surface area contributed by atoms with Crippen molar-refractivity contribution in [3.8, 4) is 0 Å². The van der Waals surface area contributed by atoms with Crippen LogP contribution < -0.4 is 15.4 Å². The summed E-state index contributed by atoms with van der Waals surface area (Å²) in [5, 5.41) is 6.74. The molecule has 0 bridgehead atoms. The third-order valence-electron chi connectivity index (χ3n) is 3.53. The molecule has 0 aromatic heterocycles. The number of primary sulfonamides is 1. The molecule has 1 saturated heterocycles. The van der Waals surface area contributed by atoms with Crippen LogP contribution in [0.3, 0.4) is 0 Å². The number of aryl methyl sites for hydroxylation is 1. The number of rotatable bonds is 3. The molecule has 0 saturated carbocycles. The molecular formula is C13H17N3O4S. The van der Waals surface area contributed by atoms with Crippen LogP contribution in [0.5, 0.6) is 0 Å². The first kappa shape index (κ1) is 15.5. The lowest BCUT2D eigenvalue weighted by Gasteiger charge is -2.19. The Kier molecular flexibility index (Phi) is 4.02. The molecule has 2 amide bonds. The first-order valence-corrected chi connectivity index (χ1v) is 7.99. The van der Waals surface area contributed by atoms with Crippen LogP contribution in [0.4, 0.5) is 5.69 Å². The summed E-state index contributed by atoms with van der Waals surface area (Å²) in [5.74, 6) is -0.510. The van der Waals surface area contributed by atoms with E-state index in [1.165, 1.54) is 11.9 Å². The molecule has 1 fully saturated rings. The lowest BCUT2D eigenvalue weighted by atomic mass is 10.1. The number of hydrogen-bond acceptors (Lipinski definition) is 4. The van der Waals surface area contributed by atoms with E-state index in [4.69, 9.17) is 5.14 Å². The van der Waals surface area contributed by atoms with Crippen molar-refractivity contribution in [2.75, 3.05) is 18.5 Å². The van der Waals surface area contributed by atoms with Gasteiger partial charge in [0.05, 0.1) is 0 Å². The van der Waals surface area contributed by atoms with Crippen LogP contribution in [-0.2, 0) is 14.8 Å². The third-order valence-corrected chi connectivity index (χ3v) is 4.78. The van der Waals surface area contributed by atoms with Crippen molar-refractivity contribution in [1.29, 1.82) is 0 Å². The minimum atomic E-state index is -3.74. The fourth-order valence-corrected chi connectivity index (χ4v) is 3.10. The summed E-state index contributed by atoms with van der Waals surface area (Å²) in [5.41, 5.74) is 1.80. The Bertz CT molecular complexity index is 699. The van der Waals surface area contributed by atoms with Crippen LogP contribution in [0.2, 0.25) is 0 Å². The van der Waals surface area contributed by atoms with E-state index >= 15 is 0 Å². The molecule has 21 heavy (non-hydrogen) atoms. The van der Waals surface area contributed by atoms with Crippen molar-refractivity contribution >= 4 is 27.5 Å². The Labute approximate surface area is 123 Å². The maximum absolute atomic E-state index is 12.0. The van der Waals surface area contributed by atoms with E-state index in [0.29, 0.717) is 11.3 Å². The zero-order chi connectivity index (χ0) is 15.8. The molecule has 1 heterocycles. The van der Waals surface area contributed by atoms with Crippen molar-refractivity contribution in [3.05, 3.63) is 29.3 Å². The summed E-state index contributed by atoms with van der Waals surface area (Å²) < 4.78 is 22.7. The first-order chi connectivity index (χ1) is 9.74. The number of nitrogens with two attached hydrogens (primary N) is 1. The second-order valence-electron chi connectivity index (χ2n) is 5.00. The molecule has 2 rings (SSSR count). The van der Waals surface area contributed by atoms with E-state index in [9.17, 15) is 18.0 Å². The number of nitrogens with zero attached hydrogens (tertiary/aromatic N) is 1. The van der Waals surface area contributed by atoms with Gasteiger partial charge < -0.3 is 10.2 Å². The average Bonchev–Trinajstić information content (AvgIpc) is 2.79. The van der Waals surface area contributed by atoms with E-state index in [-0.39, 0.29) is 24.8 Å². The van der Waals surface area contributed by atoms with Crippen molar-refractivity contribution < 1.29 is 18.0 Å². The van der Waals surface area contributed by atoms with Gasteiger partial charge in [-0.15, -0.1) is 0 Å². The summed E-state index contributed by atoms with van der Waals surface area (Å²) in [6, 6.07) is 4.90. The maximum atomic E-state index is 12.0. The highest BCUT2D eigenvalue weighted by Gasteiger charge is 2.37. The number of hydrogen-bond donors (Lipinski definition) is 2. The van der Waals surface area contributed by atoms with E-state index in [1.54, 1.807) is 25.1 Å². The molecule has 0 spiro atoms. The minimum absolute atomic E-state index is 0.0395. The van der Waals surface area contributed by atoms with Gasteiger partial charge in [-0.05, 0) is 30.7 Å². The molecular weight excluding hydrogens is 294 g/mol. The van der Waals surface area contributed by atoms with Crippen LogP contribution in [0, 0.1) is 6.92 Å². The van der Waals surface area contributed by atoms with E-state index in [1.807, 2.05) is 0 Å². The fraction of sp³-hybridized carbons (Fsp3) is 0.385. The Balaban J connectivity index is 2.31. The topological polar surface area (TPSA) is 110 Å². The summed E-state index contributed by atoms with van der Waals surface area (Å²) in [6.45, 7) is 1.80. The SMILES string of the molecule is CNC(=O)c1ccc(N2CC(S(N)(=O)=O)CC2=O)c(C)c1. The van der Waals surface area contributed by atoms with Gasteiger partial charge in [-0.2, -0.15) is 0 Å². The maximum Gasteiger partial charge on any atom is 0.251 e. The van der Waals surface area contributed by atoms with Crippen molar-refractivity contribution in [2.45, 2.75) is 18.6 Å². The van der Waals surface area contributed by atoms with Gasteiger partial charge in [0, 0.05) is 31.3 Å². The number of amides is 2. The molecule has 1 aliphatic rings. The highest BCUT2D eigenvalue weighted by Crippen LogP contribution is 2.27. The molecule has 1 unspecified atom stereocenters. The molecule has 8 heteroatoms. The van der Waals surface area contributed by atoms with Gasteiger partial charge in [0.2, 0.25) is 15.9 Å². The van der Waals surface area contributed by atoms with Crippen molar-refractivity contribution in [1.82, 2.24) is 5.32 Å². The van der Waals surface area contributed by atoms with Gasteiger partial charge in [-0.25, -0.2) is 13.6 Å². The molecule has 1 aromatic rings. The van der Waals surface area contributed by atoms with E-state index in [2.05, 4.69) is 5.32 Å². The van der Waals surface area contributed by atoms with Crippen LogP contribution in [0.25, 0.3) is 0 Å². The Morgan fingerprint density at radius 1 is 1.43 bits per heavy atom. The first-order valence-electron chi connectivity index (χ1n) is 6.38. The summed E-state index contributed by atoms with van der Waals surface area (Å²) in [7, 11) is -2.21. The van der Waals surface area contributed by atoms with Gasteiger partial charge >= 0.3 is 0 Å². The number of carbonyl (C=O) groups is 2. The smallest absolute Gasteiger partial charge is 0.251 e. The summed E-state index contributed by atoms with van der Waals surface area (Å²) in [4.78, 5) is 24.9. The summed E-state index contributed by atoms with van der Waals surface area (Å²) in [6.07, 6.45) is -0.116. The van der Waals surface area contributed by atoms with Crippen LogP contribution in [0.1, 0.15) is 22.3 Å². The molecule has 7 nitrogen and oxygen atoms in total. The third kappa shape index (κ3) is 3.06. The highest BCUT2D eigenvalue weighted by atomic mass is 32.2. The van der Waals surface area contributed by atoms with E-state index < -0.39 is 15.3 Å². The number of nitrogens with one attached hydrogen (secondary N) is 1. The van der Waals surface area contributed by atoms with Crippen LogP contribution in [0.15, 0.2) is 18.2 Å². The molecule has 0 radical (unpaired) electrons. The molecule has 1 atom stereocenters. The zero-order valence-electron chi connectivity index (χ0n) is 11.8. The molecule has 3 N–H and O–H groups in total. The Morgan fingerprint density at radius 3 is 2.57 bits per heavy atom. The van der Waals surface area contributed by atoms with Gasteiger partial charge in [0.1, 0.15) is 5.25 Å². The van der Waals surface area contributed by atoms with Gasteiger partial charge in [-0.1, -0.05) is 0 Å². The Morgan fingerprint density at radius 2 is 2.10 bits per heavy atom. The standard InChI is InChI=1S/C13H17N3O4S/c1-8-5-9(13(18)15-2)3-4-11(8)16-7-10(6-12(16)17)21(14,19)20/h3-5,10H,6-7H2,1-2H3,(H,15,18)(H2,14,19,20). The second-order valence-corrected chi connectivity index (χ2v) is 6.84. The number of sulfonamides is 1. The Hall–Kier alpha value is -1.93. The van der Waals surface area contributed by atoms with Crippen molar-refractivity contribution in [2.24, 2.45) is 5.14 Å². The predicted octanol–water partition coefficient (Wildman–Crippen LogP) is -0.252. The van der Waals surface area contributed by atoms with Crippen LogP contribution >= 0.6 is 0 Å². The highest BCUT2D eigenvalue weighted by molar-refractivity contribution is 7.89. The zero-order valence-corrected chi connectivity index (χ0v) is 12.6. The fourth-order valence-electron chi connectivity index (χ4n) is 2.37. The minimum Gasteiger partial charge on any atom is -0.355 e. The average molecular weight is 311 g/mol. The lowest BCUT2D eigenvalue weighted by Crippen LogP contribution is -2.32. The molecule has 114 valence electrons. The number of carbonyl (C=O) groups excluding carboxylic acids is 2. The molecule has 1 aromatic carbocycles. The number of anilines is 1. The second kappa shape index (κ2) is 5.45. The van der Waals surface area contributed by atoms with Gasteiger partial charge in [-0.3, -0.25) is 9.59 Å². The quantitative estimate of drug-likeness (QED) is 0.802. The molecule has 1 aliphatic heterocycles. The normalized spacial score (nSPS) is 18.9. The van der Waals surface area contributed by atoms with Crippen molar-refractivity contribution in [3.63, 3.8) is 0 Å². The molecule has 0 aliphatic carbocycles. The largest absolute Gasteiger partial charge is 0.355 e. The number of benzene rings is 1. The monoisotopic (exact) mass is 311 g/mol. The van der Waals surface area contributed by atoms with Gasteiger partial charge in [0.15, 0.2) is 0 Å². The summed E-state index contributed by atoms with van der Waals surface area (Å²) >= 11 is 0. The predicted molar refractivity (Wildman–Crippen MR) is 78.4 cm³/mol. The van der Waals surface area contributed by atoms with Crippen LogP contribution in [-0.4, -0.2) is 39.1 Å². The van der Waals surface area contributed by atoms with Gasteiger partial charge in [0.25, 0.3) is 5.91 Å². The van der Waals surface area contributed by atoms with E-state index in [0.717, 1.165) is 5.56 Å².